The summed E-state index contributed by atoms with van der Waals surface area (Å²) in [5, 5.41) is 10.5. The molecule has 1 heterocycles. The first-order chi connectivity index (χ1) is 8.97. The van der Waals surface area contributed by atoms with Gasteiger partial charge in [0, 0.05) is 19.2 Å². The van der Waals surface area contributed by atoms with Gasteiger partial charge in [0.1, 0.15) is 6.10 Å². The highest BCUT2D eigenvalue weighted by atomic mass is 16.6. The number of likely N-dealkylation sites (tertiary alicyclic amines) is 1. The molecule has 1 fully saturated rings. The SMILES string of the molecule is CN1C[C@H](OC(=O)c2ccc([N+](=O)[O-])cc2)CC1=O. The quantitative estimate of drug-likeness (QED) is 0.461. The highest BCUT2D eigenvalue weighted by Crippen LogP contribution is 2.16. The summed E-state index contributed by atoms with van der Waals surface area (Å²) in [5.74, 6) is -0.649. The number of rotatable bonds is 3. The van der Waals surface area contributed by atoms with Crippen molar-refractivity contribution in [3.63, 3.8) is 0 Å². The van der Waals surface area contributed by atoms with Gasteiger partial charge in [0.25, 0.3) is 5.69 Å². The van der Waals surface area contributed by atoms with Gasteiger partial charge in [-0.3, -0.25) is 14.9 Å². The van der Waals surface area contributed by atoms with E-state index >= 15 is 0 Å². The molecule has 7 heteroatoms. The lowest BCUT2D eigenvalue weighted by Gasteiger charge is -2.11. The van der Waals surface area contributed by atoms with Crippen LogP contribution in [0.25, 0.3) is 0 Å². The first kappa shape index (κ1) is 13.0. The van der Waals surface area contributed by atoms with Crippen LogP contribution in [0, 0.1) is 10.1 Å². The summed E-state index contributed by atoms with van der Waals surface area (Å²) >= 11 is 0. The van der Waals surface area contributed by atoms with Gasteiger partial charge in [-0.05, 0) is 12.1 Å². The first-order valence-corrected chi connectivity index (χ1v) is 5.67. The number of amides is 1. The maximum Gasteiger partial charge on any atom is 0.338 e. The van der Waals surface area contributed by atoms with Crippen molar-refractivity contribution in [2.24, 2.45) is 0 Å². The number of non-ortho nitro benzene ring substituents is 1. The molecule has 0 bridgehead atoms. The second-order valence-electron chi connectivity index (χ2n) is 4.31. The molecular weight excluding hydrogens is 252 g/mol. The summed E-state index contributed by atoms with van der Waals surface area (Å²) in [6.45, 7) is 0.373. The van der Waals surface area contributed by atoms with Crippen LogP contribution in [0.4, 0.5) is 5.69 Å². The maximum absolute atomic E-state index is 11.8. The van der Waals surface area contributed by atoms with E-state index in [0.717, 1.165) is 0 Å². The number of hydrogen-bond acceptors (Lipinski definition) is 5. The molecule has 0 unspecified atom stereocenters. The molecule has 0 aromatic heterocycles. The van der Waals surface area contributed by atoms with Crippen LogP contribution >= 0.6 is 0 Å². The van der Waals surface area contributed by atoms with E-state index in [1.54, 1.807) is 7.05 Å². The van der Waals surface area contributed by atoms with Crippen molar-refractivity contribution in [3.05, 3.63) is 39.9 Å². The molecule has 0 spiro atoms. The van der Waals surface area contributed by atoms with Crippen molar-refractivity contribution < 1.29 is 19.2 Å². The van der Waals surface area contributed by atoms with Crippen molar-refractivity contribution >= 4 is 17.6 Å². The lowest BCUT2D eigenvalue weighted by molar-refractivity contribution is -0.384. The molecule has 0 N–H and O–H groups in total. The van der Waals surface area contributed by atoms with Crippen LogP contribution in [0.1, 0.15) is 16.8 Å². The Hall–Kier alpha value is -2.44. The van der Waals surface area contributed by atoms with Crippen molar-refractivity contribution in [1.82, 2.24) is 4.90 Å². The van der Waals surface area contributed by atoms with E-state index in [2.05, 4.69) is 0 Å². The fourth-order valence-corrected chi connectivity index (χ4v) is 1.84. The number of benzene rings is 1. The van der Waals surface area contributed by atoms with Crippen molar-refractivity contribution in [3.8, 4) is 0 Å². The molecule has 1 atom stereocenters. The van der Waals surface area contributed by atoms with Gasteiger partial charge in [-0.2, -0.15) is 0 Å². The van der Waals surface area contributed by atoms with Gasteiger partial charge in [0.05, 0.1) is 23.5 Å². The second kappa shape index (κ2) is 5.05. The predicted octanol–water partition coefficient (Wildman–Crippen LogP) is 0.982. The summed E-state index contributed by atoms with van der Waals surface area (Å²) in [7, 11) is 1.64. The molecule has 1 aromatic rings. The van der Waals surface area contributed by atoms with Crippen molar-refractivity contribution in [2.75, 3.05) is 13.6 Å². The molecule has 1 saturated heterocycles. The fourth-order valence-electron chi connectivity index (χ4n) is 1.84. The smallest absolute Gasteiger partial charge is 0.338 e. The Bertz CT molecular complexity index is 525. The number of nitro groups is 1. The van der Waals surface area contributed by atoms with E-state index < -0.39 is 17.0 Å². The van der Waals surface area contributed by atoms with Crippen LogP contribution < -0.4 is 0 Å². The van der Waals surface area contributed by atoms with Gasteiger partial charge in [0.15, 0.2) is 0 Å². The lowest BCUT2D eigenvalue weighted by Crippen LogP contribution is -2.23. The van der Waals surface area contributed by atoms with Gasteiger partial charge in [0.2, 0.25) is 5.91 Å². The number of esters is 1. The molecule has 1 aromatic carbocycles. The minimum Gasteiger partial charge on any atom is -0.456 e. The first-order valence-electron chi connectivity index (χ1n) is 5.67. The van der Waals surface area contributed by atoms with E-state index in [1.165, 1.54) is 29.2 Å². The maximum atomic E-state index is 11.8. The Labute approximate surface area is 108 Å². The van der Waals surface area contributed by atoms with Crippen LogP contribution in [-0.4, -0.2) is 41.4 Å². The van der Waals surface area contributed by atoms with Crippen LogP contribution in [-0.2, 0) is 9.53 Å². The molecule has 7 nitrogen and oxygen atoms in total. The highest BCUT2D eigenvalue weighted by Gasteiger charge is 2.29. The molecule has 1 aliphatic rings. The molecule has 2 rings (SSSR count). The normalized spacial score (nSPS) is 18.5. The third-order valence-corrected chi connectivity index (χ3v) is 2.89. The number of carbonyl (C=O) groups is 2. The standard InChI is InChI=1S/C12H12N2O5/c1-13-7-10(6-11(13)15)19-12(16)8-2-4-9(5-3-8)14(17)18/h2-5,10H,6-7H2,1H3/t10-/m1/s1. The molecule has 0 radical (unpaired) electrons. The number of likely N-dealkylation sites (N-methyl/N-ethyl adjacent to an activating group) is 1. The molecule has 1 aliphatic heterocycles. The number of hydrogen-bond donors (Lipinski definition) is 0. The molecular formula is C12H12N2O5. The van der Waals surface area contributed by atoms with Crippen molar-refractivity contribution in [2.45, 2.75) is 12.5 Å². The third kappa shape index (κ3) is 2.87. The fraction of sp³-hybridized carbons (Fsp3) is 0.333. The predicted molar refractivity (Wildman–Crippen MR) is 64.6 cm³/mol. The number of nitro benzene ring substituents is 1. The second-order valence-corrected chi connectivity index (χ2v) is 4.31. The van der Waals surface area contributed by atoms with E-state index in [1.807, 2.05) is 0 Å². The third-order valence-electron chi connectivity index (χ3n) is 2.89. The van der Waals surface area contributed by atoms with Crippen molar-refractivity contribution in [1.29, 1.82) is 0 Å². The Morgan fingerprint density at radius 2 is 2.05 bits per heavy atom. The van der Waals surface area contributed by atoms with Gasteiger partial charge >= 0.3 is 5.97 Å². The highest BCUT2D eigenvalue weighted by molar-refractivity contribution is 5.90. The Balaban J connectivity index is 2.00. The number of carbonyl (C=O) groups excluding carboxylic acids is 2. The largest absolute Gasteiger partial charge is 0.456 e. The summed E-state index contributed by atoms with van der Waals surface area (Å²) in [4.78, 5) is 34.5. The molecule has 1 amide bonds. The van der Waals surface area contributed by atoms with E-state index in [-0.39, 0.29) is 23.6 Å². The lowest BCUT2D eigenvalue weighted by atomic mass is 10.2. The van der Waals surface area contributed by atoms with Crippen LogP contribution in [0.3, 0.4) is 0 Å². The average Bonchev–Trinajstić information content (AvgIpc) is 2.68. The summed E-state index contributed by atoms with van der Waals surface area (Å²) in [6, 6.07) is 5.15. The van der Waals surface area contributed by atoms with Gasteiger partial charge in [-0.25, -0.2) is 4.79 Å². The van der Waals surface area contributed by atoms with Gasteiger partial charge < -0.3 is 9.64 Å². The minimum absolute atomic E-state index is 0.0681. The topological polar surface area (TPSA) is 89.8 Å². The molecule has 19 heavy (non-hydrogen) atoms. The monoisotopic (exact) mass is 264 g/mol. The Morgan fingerprint density at radius 1 is 1.42 bits per heavy atom. The van der Waals surface area contributed by atoms with E-state index in [9.17, 15) is 19.7 Å². The molecule has 0 saturated carbocycles. The Kier molecular flexibility index (Phi) is 3.46. The zero-order chi connectivity index (χ0) is 14.0. The van der Waals surface area contributed by atoms with Gasteiger partial charge in [-0.1, -0.05) is 0 Å². The zero-order valence-corrected chi connectivity index (χ0v) is 10.2. The summed E-state index contributed by atoms with van der Waals surface area (Å²) < 4.78 is 5.17. The van der Waals surface area contributed by atoms with Crippen LogP contribution in [0.5, 0.6) is 0 Å². The summed E-state index contributed by atoms with van der Waals surface area (Å²) in [6.07, 6.45) is -0.282. The van der Waals surface area contributed by atoms with Crippen LogP contribution in [0.2, 0.25) is 0 Å². The Morgan fingerprint density at radius 3 is 2.53 bits per heavy atom. The average molecular weight is 264 g/mol. The molecule has 0 aliphatic carbocycles. The minimum atomic E-state index is -0.581. The van der Waals surface area contributed by atoms with E-state index in [4.69, 9.17) is 4.74 Å². The van der Waals surface area contributed by atoms with Gasteiger partial charge in [-0.15, -0.1) is 0 Å². The zero-order valence-electron chi connectivity index (χ0n) is 10.2. The molecule has 100 valence electrons. The number of nitrogens with zero attached hydrogens (tertiary/aromatic N) is 2. The summed E-state index contributed by atoms with van der Waals surface area (Å²) in [5.41, 5.74) is 0.139. The van der Waals surface area contributed by atoms with E-state index in [0.29, 0.717) is 6.54 Å². The number of ether oxygens (including phenoxy) is 1. The van der Waals surface area contributed by atoms with Crippen LogP contribution in [0.15, 0.2) is 24.3 Å².